The molecule has 78 valence electrons. The molecule has 0 aromatic heterocycles. The van der Waals surface area contributed by atoms with Crippen LogP contribution in [0.2, 0.25) is 0 Å². The summed E-state index contributed by atoms with van der Waals surface area (Å²) in [6, 6.07) is 0. The minimum absolute atomic E-state index is 0.405. The van der Waals surface area contributed by atoms with Gasteiger partial charge in [-0.3, -0.25) is 4.90 Å². The summed E-state index contributed by atoms with van der Waals surface area (Å²) in [5.41, 5.74) is 0. The number of rotatable bonds is 3. The summed E-state index contributed by atoms with van der Waals surface area (Å²) in [6.45, 7) is 1.13. The third-order valence-corrected chi connectivity index (χ3v) is 1.96. The zero-order valence-electron chi connectivity index (χ0n) is 7.07. The molecule has 0 radical (unpaired) electrons. The van der Waals surface area contributed by atoms with Crippen molar-refractivity contribution in [3.8, 4) is 0 Å². The Morgan fingerprint density at radius 1 is 1.23 bits per heavy atom. The molecule has 1 aliphatic rings. The summed E-state index contributed by atoms with van der Waals surface area (Å²) < 4.78 is 48.6. The second-order valence-corrected chi connectivity index (χ2v) is 3.09. The maximum Gasteiger partial charge on any atom is 0.319 e. The van der Waals surface area contributed by atoms with Crippen LogP contribution >= 0.6 is 0 Å². The van der Waals surface area contributed by atoms with Gasteiger partial charge < -0.3 is 5.32 Å². The Hall–Kier alpha value is -0.360. The zero-order chi connectivity index (χ0) is 9.90. The van der Waals surface area contributed by atoms with Crippen molar-refractivity contribution in [1.82, 2.24) is 10.2 Å². The van der Waals surface area contributed by atoms with Gasteiger partial charge in [0.2, 0.25) is 0 Å². The van der Waals surface area contributed by atoms with Gasteiger partial charge in [0.05, 0.1) is 6.54 Å². The van der Waals surface area contributed by atoms with Gasteiger partial charge in [-0.15, -0.1) is 0 Å². The first kappa shape index (κ1) is 10.7. The molecule has 1 aliphatic heterocycles. The molecule has 1 saturated heterocycles. The van der Waals surface area contributed by atoms with Gasteiger partial charge in [0.25, 0.3) is 0 Å². The molecule has 0 amide bonds. The highest BCUT2D eigenvalue weighted by Crippen LogP contribution is 2.23. The molecule has 1 fully saturated rings. The normalized spacial score (nSPS) is 21.0. The largest absolute Gasteiger partial charge is 0.319 e. The van der Waals surface area contributed by atoms with Crippen LogP contribution in [0.15, 0.2) is 0 Å². The summed E-state index contributed by atoms with van der Waals surface area (Å²) in [7, 11) is 0. The van der Waals surface area contributed by atoms with Gasteiger partial charge in [0, 0.05) is 26.2 Å². The Kier molecular flexibility index (Phi) is 3.49. The molecule has 0 saturated carbocycles. The molecular formula is C7H12F4N2. The van der Waals surface area contributed by atoms with Gasteiger partial charge in [0.15, 0.2) is 0 Å². The molecule has 0 unspecified atom stereocenters. The molecular weight excluding hydrogens is 188 g/mol. The van der Waals surface area contributed by atoms with E-state index in [1.807, 2.05) is 0 Å². The second-order valence-electron chi connectivity index (χ2n) is 3.09. The number of piperazine rings is 1. The van der Waals surface area contributed by atoms with Gasteiger partial charge in [-0.25, -0.2) is 8.78 Å². The summed E-state index contributed by atoms with van der Waals surface area (Å²) in [5.74, 6) is -3.88. The molecule has 0 aromatic rings. The third kappa shape index (κ3) is 3.11. The summed E-state index contributed by atoms with van der Waals surface area (Å²) in [6.07, 6.45) is -3.57. The second kappa shape index (κ2) is 4.23. The van der Waals surface area contributed by atoms with E-state index in [1.165, 1.54) is 4.90 Å². The number of hydrogen-bond donors (Lipinski definition) is 1. The molecule has 1 heterocycles. The van der Waals surface area contributed by atoms with Gasteiger partial charge in [-0.2, -0.15) is 8.78 Å². The van der Waals surface area contributed by atoms with Gasteiger partial charge in [-0.1, -0.05) is 0 Å². The smallest absolute Gasteiger partial charge is 0.314 e. The minimum Gasteiger partial charge on any atom is -0.314 e. The maximum absolute atomic E-state index is 12.5. The highest BCUT2D eigenvalue weighted by Gasteiger charge is 2.42. The predicted octanol–water partition coefficient (Wildman–Crippen LogP) is 0.792. The first-order valence-electron chi connectivity index (χ1n) is 4.11. The Morgan fingerprint density at radius 2 is 1.77 bits per heavy atom. The van der Waals surface area contributed by atoms with E-state index in [9.17, 15) is 17.6 Å². The summed E-state index contributed by atoms with van der Waals surface area (Å²) in [4.78, 5) is 1.35. The molecule has 0 bridgehead atoms. The highest BCUT2D eigenvalue weighted by atomic mass is 19.3. The monoisotopic (exact) mass is 200 g/mol. The lowest BCUT2D eigenvalue weighted by Gasteiger charge is -2.30. The summed E-state index contributed by atoms with van der Waals surface area (Å²) in [5, 5.41) is 2.96. The Balaban J connectivity index is 2.37. The highest BCUT2D eigenvalue weighted by molar-refractivity contribution is 4.77. The molecule has 1 N–H and O–H groups in total. The standard InChI is InChI=1S/C7H12F4N2/c8-6(9)7(10,11)5-13-3-1-12-2-4-13/h6,12H,1-5H2. The van der Waals surface area contributed by atoms with Crippen molar-refractivity contribution in [2.75, 3.05) is 32.7 Å². The van der Waals surface area contributed by atoms with E-state index in [4.69, 9.17) is 0 Å². The topological polar surface area (TPSA) is 15.3 Å². The first-order chi connectivity index (χ1) is 6.02. The Bertz CT molecular complexity index is 157. The first-order valence-corrected chi connectivity index (χ1v) is 4.11. The lowest BCUT2D eigenvalue weighted by molar-refractivity contribution is -0.142. The number of alkyl halides is 4. The van der Waals surface area contributed by atoms with Gasteiger partial charge in [0.1, 0.15) is 0 Å². The van der Waals surface area contributed by atoms with E-state index in [1.54, 1.807) is 0 Å². The van der Waals surface area contributed by atoms with E-state index < -0.39 is 18.9 Å². The molecule has 13 heavy (non-hydrogen) atoms. The number of hydrogen-bond acceptors (Lipinski definition) is 2. The molecule has 2 nitrogen and oxygen atoms in total. The summed E-state index contributed by atoms with van der Waals surface area (Å²) >= 11 is 0. The molecule has 1 rings (SSSR count). The van der Waals surface area contributed by atoms with E-state index >= 15 is 0 Å². The molecule has 0 aliphatic carbocycles. The maximum atomic E-state index is 12.5. The third-order valence-electron chi connectivity index (χ3n) is 1.96. The van der Waals surface area contributed by atoms with Gasteiger partial charge in [-0.05, 0) is 0 Å². The number of nitrogens with zero attached hydrogens (tertiary/aromatic N) is 1. The van der Waals surface area contributed by atoms with Crippen LogP contribution in [0.4, 0.5) is 17.6 Å². The van der Waals surface area contributed by atoms with E-state index in [0.29, 0.717) is 26.2 Å². The van der Waals surface area contributed by atoms with Crippen LogP contribution in [0.3, 0.4) is 0 Å². The zero-order valence-corrected chi connectivity index (χ0v) is 7.07. The fraction of sp³-hybridized carbons (Fsp3) is 1.00. The van der Waals surface area contributed by atoms with Gasteiger partial charge >= 0.3 is 12.3 Å². The SMILES string of the molecule is FC(F)C(F)(F)CN1CCNCC1. The Morgan fingerprint density at radius 3 is 2.23 bits per heavy atom. The predicted molar refractivity (Wildman–Crippen MR) is 40.3 cm³/mol. The van der Waals surface area contributed by atoms with Crippen LogP contribution in [0.5, 0.6) is 0 Å². The molecule has 0 atom stereocenters. The fourth-order valence-corrected chi connectivity index (χ4v) is 1.24. The van der Waals surface area contributed by atoms with Crippen LogP contribution in [0.25, 0.3) is 0 Å². The molecule has 6 heteroatoms. The average molecular weight is 200 g/mol. The average Bonchev–Trinajstić information content (AvgIpc) is 2.05. The number of nitrogens with one attached hydrogen (secondary N) is 1. The van der Waals surface area contributed by atoms with Crippen LogP contribution in [-0.2, 0) is 0 Å². The minimum atomic E-state index is -3.88. The lowest BCUT2D eigenvalue weighted by atomic mass is 10.3. The lowest BCUT2D eigenvalue weighted by Crippen LogP contribution is -2.49. The van der Waals surface area contributed by atoms with E-state index in [2.05, 4.69) is 5.32 Å². The fourth-order valence-electron chi connectivity index (χ4n) is 1.24. The van der Waals surface area contributed by atoms with Crippen molar-refractivity contribution in [1.29, 1.82) is 0 Å². The van der Waals surface area contributed by atoms with Crippen molar-refractivity contribution in [2.24, 2.45) is 0 Å². The molecule has 0 aromatic carbocycles. The van der Waals surface area contributed by atoms with Crippen LogP contribution in [0.1, 0.15) is 0 Å². The van der Waals surface area contributed by atoms with Crippen molar-refractivity contribution >= 4 is 0 Å². The van der Waals surface area contributed by atoms with Crippen molar-refractivity contribution in [3.63, 3.8) is 0 Å². The van der Waals surface area contributed by atoms with Crippen LogP contribution < -0.4 is 5.32 Å². The Labute approximate surface area is 73.9 Å². The molecule has 0 spiro atoms. The van der Waals surface area contributed by atoms with E-state index in [0.717, 1.165) is 0 Å². The quantitative estimate of drug-likeness (QED) is 0.678. The van der Waals surface area contributed by atoms with E-state index in [-0.39, 0.29) is 0 Å². The van der Waals surface area contributed by atoms with Crippen molar-refractivity contribution < 1.29 is 17.6 Å². The number of halogens is 4. The van der Waals surface area contributed by atoms with Crippen molar-refractivity contribution in [3.05, 3.63) is 0 Å². The van der Waals surface area contributed by atoms with Crippen molar-refractivity contribution in [2.45, 2.75) is 12.3 Å². The van der Waals surface area contributed by atoms with Crippen LogP contribution in [-0.4, -0.2) is 50.0 Å². The van der Waals surface area contributed by atoms with Crippen LogP contribution in [0, 0.1) is 0 Å².